The second-order valence-corrected chi connectivity index (χ2v) is 5.46. The Morgan fingerprint density at radius 3 is 2.65 bits per heavy atom. The third kappa shape index (κ3) is 4.72. The molecule has 0 aliphatic heterocycles. The Morgan fingerprint density at radius 1 is 1.00 bits per heavy atom. The van der Waals surface area contributed by atoms with Crippen LogP contribution in [0, 0.1) is 0 Å². The Kier molecular flexibility index (Phi) is 5.11. The molecule has 0 radical (unpaired) electrons. The van der Waals surface area contributed by atoms with Crippen molar-refractivity contribution in [2.45, 2.75) is 13.0 Å². The summed E-state index contributed by atoms with van der Waals surface area (Å²) >= 11 is 5.98. The summed E-state index contributed by atoms with van der Waals surface area (Å²) in [7, 11) is 0. The molecule has 2 aromatic heterocycles. The van der Waals surface area contributed by atoms with Gasteiger partial charge in [0.2, 0.25) is 0 Å². The average molecular weight is 329 g/mol. The first-order valence-corrected chi connectivity index (χ1v) is 7.74. The number of furan rings is 1. The van der Waals surface area contributed by atoms with Gasteiger partial charge in [-0.25, -0.2) is 9.97 Å². The zero-order valence-electron chi connectivity index (χ0n) is 12.5. The van der Waals surface area contributed by atoms with Gasteiger partial charge >= 0.3 is 0 Å². The summed E-state index contributed by atoms with van der Waals surface area (Å²) in [4.78, 5) is 8.42. The predicted octanol–water partition coefficient (Wildman–Crippen LogP) is 3.99. The van der Waals surface area contributed by atoms with Crippen LogP contribution >= 0.6 is 11.6 Å². The van der Waals surface area contributed by atoms with E-state index in [1.165, 1.54) is 11.9 Å². The molecule has 3 rings (SSSR count). The van der Waals surface area contributed by atoms with Crippen LogP contribution in [0.2, 0.25) is 5.02 Å². The molecule has 0 atom stereocenters. The van der Waals surface area contributed by atoms with Crippen LogP contribution in [0.25, 0.3) is 0 Å². The molecule has 118 valence electrons. The smallest absolute Gasteiger partial charge is 0.131 e. The molecule has 1 aromatic carbocycles. The molecule has 0 fully saturated rings. The number of aromatic nitrogens is 2. The van der Waals surface area contributed by atoms with E-state index in [-0.39, 0.29) is 0 Å². The van der Waals surface area contributed by atoms with Crippen molar-refractivity contribution in [1.82, 2.24) is 9.97 Å². The maximum absolute atomic E-state index is 5.98. The minimum atomic E-state index is 0.589. The predicted molar refractivity (Wildman–Crippen MR) is 91.7 cm³/mol. The molecule has 0 aliphatic carbocycles. The summed E-state index contributed by atoms with van der Waals surface area (Å²) in [5.74, 6) is 2.39. The fourth-order valence-corrected chi connectivity index (χ4v) is 2.38. The molecular weight excluding hydrogens is 312 g/mol. The standard InChI is InChI=1S/C17H17ClN4O/c18-14-4-1-3-13(9-14)6-7-19-16-10-17(22-12-21-16)20-11-15-5-2-8-23-15/h1-5,8-10,12H,6-7,11H2,(H2,19,20,21,22). The third-order valence-electron chi connectivity index (χ3n) is 3.30. The van der Waals surface area contributed by atoms with Gasteiger partial charge in [0, 0.05) is 17.6 Å². The van der Waals surface area contributed by atoms with Gasteiger partial charge in [-0.3, -0.25) is 0 Å². The van der Waals surface area contributed by atoms with Crippen LogP contribution in [0.15, 0.2) is 59.5 Å². The Morgan fingerprint density at radius 2 is 1.87 bits per heavy atom. The van der Waals surface area contributed by atoms with E-state index < -0.39 is 0 Å². The van der Waals surface area contributed by atoms with Crippen LogP contribution in [0.3, 0.4) is 0 Å². The fourth-order valence-electron chi connectivity index (χ4n) is 2.17. The van der Waals surface area contributed by atoms with Crippen molar-refractivity contribution >= 4 is 23.2 Å². The van der Waals surface area contributed by atoms with Gasteiger partial charge in [0.15, 0.2) is 0 Å². The molecule has 23 heavy (non-hydrogen) atoms. The first-order valence-electron chi connectivity index (χ1n) is 7.36. The van der Waals surface area contributed by atoms with Crippen molar-refractivity contribution in [3.8, 4) is 0 Å². The topological polar surface area (TPSA) is 63.0 Å². The molecule has 2 heterocycles. The molecule has 3 aromatic rings. The first-order chi connectivity index (χ1) is 11.3. The van der Waals surface area contributed by atoms with Crippen molar-refractivity contribution in [2.24, 2.45) is 0 Å². The lowest BCUT2D eigenvalue weighted by Gasteiger charge is -2.08. The highest BCUT2D eigenvalue weighted by Crippen LogP contribution is 2.13. The summed E-state index contributed by atoms with van der Waals surface area (Å²) in [5, 5.41) is 7.25. The number of hydrogen-bond acceptors (Lipinski definition) is 5. The molecule has 0 spiro atoms. The number of anilines is 2. The molecule has 0 unspecified atom stereocenters. The molecule has 0 amide bonds. The minimum absolute atomic E-state index is 0.589. The summed E-state index contributed by atoms with van der Waals surface area (Å²) in [6, 6.07) is 13.5. The Bertz CT molecular complexity index is 746. The summed E-state index contributed by atoms with van der Waals surface area (Å²) in [5.41, 5.74) is 1.19. The van der Waals surface area contributed by atoms with Gasteiger partial charge in [-0.1, -0.05) is 23.7 Å². The Labute approximate surface area is 139 Å². The fraction of sp³-hybridized carbons (Fsp3) is 0.176. The van der Waals surface area contributed by atoms with Gasteiger partial charge in [-0.05, 0) is 36.2 Å². The van der Waals surface area contributed by atoms with E-state index in [9.17, 15) is 0 Å². The SMILES string of the molecule is Clc1cccc(CCNc2cc(NCc3ccco3)ncn2)c1. The molecule has 0 saturated carbocycles. The van der Waals surface area contributed by atoms with Crippen molar-refractivity contribution < 1.29 is 4.42 Å². The van der Waals surface area contributed by atoms with Crippen LogP contribution in [0.1, 0.15) is 11.3 Å². The average Bonchev–Trinajstić information content (AvgIpc) is 3.07. The minimum Gasteiger partial charge on any atom is -0.467 e. The maximum Gasteiger partial charge on any atom is 0.131 e. The van der Waals surface area contributed by atoms with Gasteiger partial charge in [-0.2, -0.15) is 0 Å². The van der Waals surface area contributed by atoms with Crippen LogP contribution < -0.4 is 10.6 Å². The van der Waals surface area contributed by atoms with E-state index in [0.29, 0.717) is 6.54 Å². The molecule has 6 heteroatoms. The lowest BCUT2D eigenvalue weighted by atomic mass is 10.1. The zero-order valence-corrected chi connectivity index (χ0v) is 13.3. The summed E-state index contributed by atoms with van der Waals surface area (Å²) in [6.45, 7) is 1.36. The van der Waals surface area contributed by atoms with Crippen molar-refractivity contribution in [1.29, 1.82) is 0 Å². The number of nitrogens with zero attached hydrogens (tertiary/aromatic N) is 2. The van der Waals surface area contributed by atoms with Crippen LogP contribution in [0.5, 0.6) is 0 Å². The van der Waals surface area contributed by atoms with Crippen LogP contribution in [0.4, 0.5) is 11.6 Å². The maximum atomic E-state index is 5.98. The number of hydrogen-bond donors (Lipinski definition) is 2. The van der Waals surface area contributed by atoms with E-state index in [1.54, 1.807) is 6.26 Å². The second kappa shape index (κ2) is 7.65. The van der Waals surface area contributed by atoms with E-state index >= 15 is 0 Å². The third-order valence-corrected chi connectivity index (χ3v) is 3.53. The Balaban J connectivity index is 1.51. The van der Waals surface area contributed by atoms with Crippen molar-refractivity contribution in [3.05, 3.63) is 71.4 Å². The highest BCUT2D eigenvalue weighted by Gasteiger charge is 2.01. The van der Waals surface area contributed by atoms with Crippen LogP contribution in [-0.4, -0.2) is 16.5 Å². The summed E-state index contributed by atoms with van der Waals surface area (Å²) in [6.07, 6.45) is 4.06. The van der Waals surface area contributed by atoms with Crippen molar-refractivity contribution in [3.63, 3.8) is 0 Å². The quantitative estimate of drug-likeness (QED) is 0.686. The summed E-state index contributed by atoms with van der Waals surface area (Å²) < 4.78 is 5.28. The van der Waals surface area contributed by atoms with Crippen molar-refractivity contribution in [2.75, 3.05) is 17.2 Å². The monoisotopic (exact) mass is 328 g/mol. The number of halogens is 1. The van der Waals surface area contributed by atoms with E-state index in [2.05, 4.69) is 26.7 Å². The highest BCUT2D eigenvalue weighted by molar-refractivity contribution is 6.30. The van der Waals surface area contributed by atoms with E-state index in [0.717, 1.165) is 35.4 Å². The first kappa shape index (κ1) is 15.4. The molecule has 0 aliphatic rings. The van der Waals surface area contributed by atoms with Gasteiger partial charge in [0.1, 0.15) is 23.7 Å². The lowest BCUT2D eigenvalue weighted by molar-refractivity contribution is 0.518. The van der Waals surface area contributed by atoms with E-state index in [4.69, 9.17) is 16.0 Å². The van der Waals surface area contributed by atoms with Gasteiger partial charge in [-0.15, -0.1) is 0 Å². The van der Waals surface area contributed by atoms with Gasteiger partial charge in [0.05, 0.1) is 12.8 Å². The van der Waals surface area contributed by atoms with Gasteiger partial charge in [0.25, 0.3) is 0 Å². The normalized spacial score (nSPS) is 10.5. The number of benzene rings is 1. The van der Waals surface area contributed by atoms with Gasteiger partial charge < -0.3 is 15.1 Å². The number of nitrogens with one attached hydrogen (secondary N) is 2. The lowest BCUT2D eigenvalue weighted by Crippen LogP contribution is -2.08. The largest absolute Gasteiger partial charge is 0.467 e. The highest BCUT2D eigenvalue weighted by atomic mass is 35.5. The molecule has 0 bridgehead atoms. The van der Waals surface area contributed by atoms with Crippen LogP contribution in [-0.2, 0) is 13.0 Å². The molecule has 2 N–H and O–H groups in total. The second-order valence-electron chi connectivity index (χ2n) is 5.03. The zero-order chi connectivity index (χ0) is 15.9. The number of rotatable bonds is 7. The Hall–Kier alpha value is -2.53. The van der Waals surface area contributed by atoms with E-state index in [1.807, 2.05) is 36.4 Å². The molecule has 0 saturated heterocycles. The molecular formula is C17H17ClN4O. The molecule has 5 nitrogen and oxygen atoms in total.